The van der Waals surface area contributed by atoms with Gasteiger partial charge < -0.3 is 14.4 Å². The van der Waals surface area contributed by atoms with Crippen LogP contribution < -0.4 is 9.47 Å². The summed E-state index contributed by atoms with van der Waals surface area (Å²) < 4.78 is 13.0. The van der Waals surface area contributed by atoms with Gasteiger partial charge in [-0.3, -0.25) is 4.79 Å². The van der Waals surface area contributed by atoms with Crippen molar-refractivity contribution in [1.29, 1.82) is 0 Å². The molecule has 1 aliphatic rings. The van der Waals surface area contributed by atoms with E-state index >= 15 is 0 Å². The highest BCUT2D eigenvalue weighted by atomic mass is 16.6. The van der Waals surface area contributed by atoms with E-state index in [0.29, 0.717) is 31.9 Å². The second-order valence-corrected chi connectivity index (χ2v) is 6.29. The third kappa shape index (κ3) is 3.65. The highest BCUT2D eigenvalue weighted by Gasteiger charge is 2.17. The first-order valence-corrected chi connectivity index (χ1v) is 9.02. The second kappa shape index (κ2) is 7.53. The van der Waals surface area contributed by atoms with Crippen LogP contribution in [0.25, 0.3) is 5.69 Å². The van der Waals surface area contributed by atoms with Gasteiger partial charge >= 0.3 is 0 Å². The van der Waals surface area contributed by atoms with Gasteiger partial charge in [0, 0.05) is 31.0 Å². The Kier molecular flexibility index (Phi) is 4.78. The predicted octanol–water partition coefficient (Wildman–Crippen LogP) is 3.31. The Morgan fingerprint density at radius 1 is 1.11 bits per heavy atom. The molecule has 6 nitrogen and oxygen atoms in total. The van der Waals surface area contributed by atoms with Gasteiger partial charge in [0.05, 0.1) is 5.69 Å². The van der Waals surface area contributed by atoms with Gasteiger partial charge in [0.1, 0.15) is 13.2 Å². The molecule has 1 aromatic heterocycles. The molecule has 1 amide bonds. The Balaban J connectivity index is 1.49. The van der Waals surface area contributed by atoms with E-state index in [4.69, 9.17) is 9.47 Å². The SMILES string of the molecule is CCN(Cc1ccc2c(c1)OCCO2)C(=O)c1ccc(-n2cccn2)cc1. The number of amides is 1. The topological polar surface area (TPSA) is 56.6 Å². The van der Waals surface area contributed by atoms with Crippen molar-refractivity contribution in [2.45, 2.75) is 13.5 Å². The molecule has 0 saturated carbocycles. The fraction of sp³-hybridized carbons (Fsp3) is 0.238. The molecule has 6 heteroatoms. The lowest BCUT2D eigenvalue weighted by Crippen LogP contribution is -2.30. The van der Waals surface area contributed by atoms with Crippen molar-refractivity contribution in [2.75, 3.05) is 19.8 Å². The number of ether oxygens (including phenoxy) is 2. The molecule has 0 bridgehead atoms. The first kappa shape index (κ1) is 17.1. The average Bonchev–Trinajstić information content (AvgIpc) is 3.26. The molecule has 0 aliphatic carbocycles. The van der Waals surface area contributed by atoms with Crippen LogP contribution in [0.1, 0.15) is 22.8 Å². The zero-order valence-corrected chi connectivity index (χ0v) is 15.2. The van der Waals surface area contributed by atoms with Gasteiger partial charge in [-0.05, 0) is 55.0 Å². The van der Waals surface area contributed by atoms with E-state index in [0.717, 1.165) is 22.7 Å². The molecule has 2 aromatic carbocycles. The van der Waals surface area contributed by atoms with Crippen LogP contribution in [0.2, 0.25) is 0 Å². The van der Waals surface area contributed by atoms with Crippen LogP contribution in [0, 0.1) is 0 Å². The molecule has 0 N–H and O–H groups in total. The van der Waals surface area contributed by atoms with Crippen molar-refractivity contribution < 1.29 is 14.3 Å². The number of carbonyl (C=O) groups excluding carboxylic acids is 1. The summed E-state index contributed by atoms with van der Waals surface area (Å²) in [4.78, 5) is 14.7. The van der Waals surface area contributed by atoms with Gasteiger partial charge in [-0.25, -0.2) is 4.68 Å². The van der Waals surface area contributed by atoms with E-state index in [1.54, 1.807) is 10.9 Å². The maximum absolute atomic E-state index is 12.9. The molecule has 3 aromatic rings. The summed E-state index contributed by atoms with van der Waals surface area (Å²) in [6, 6.07) is 15.2. The number of fused-ring (bicyclic) bond motifs is 1. The lowest BCUT2D eigenvalue weighted by Gasteiger charge is -2.23. The number of rotatable bonds is 5. The summed E-state index contributed by atoms with van der Waals surface area (Å²) in [7, 11) is 0. The summed E-state index contributed by atoms with van der Waals surface area (Å²) in [5.41, 5.74) is 2.60. The van der Waals surface area contributed by atoms with Crippen LogP contribution in [0.5, 0.6) is 11.5 Å². The minimum Gasteiger partial charge on any atom is -0.486 e. The third-order valence-corrected chi connectivity index (χ3v) is 4.53. The van der Waals surface area contributed by atoms with Crippen LogP contribution in [0.3, 0.4) is 0 Å². The van der Waals surface area contributed by atoms with E-state index < -0.39 is 0 Å². The van der Waals surface area contributed by atoms with Crippen molar-refractivity contribution in [2.24, 2.45) is 0 Å². The smallest absolute Gasteiger partial charge is 0.254 e. The number of aromatic nitrogens is 2. The number of hydrogen-bond donors (Lipinski definition) is 0. The maximum atomic E-state index is 12.9. The molecule has 2 heterocycles. The highest BCUT2D eigenvalue weighted by Crippen LogP contribution is 2.31. The van der Waals surface area contributed by atoms with E-state index in [1.807, 2.05) is 66.6 Å². The van der Waals surface area contributed by atoms with Crippen LogP contribution in [0.15, 0.2) is 60.9 Å². The zero-order valence-electron chi connectivity index (χ0n) is 15.2. The molecule has 0 atom stereocenters. The Morgan fingerprint density at radius 3 is 2.59 bits per heavy atom. The average molecular weight is 363 g/mol. The fourth-order valence-corrected chi connectivity index (χ4v) is 3.09. The molecule has 27 heavy (non-hydrogen) atoms. The van der Waals surface area contributed by atoms with Gasteiger partial charge in [-0.1, -0.05) is 6.07 Å². The standard InChI is InChI=1S/C21H21N3O3/c1-2-23(15-16-4-9-19-20(14-16)27-13-12-26-19)21(25)17-5-7-18(8-6-17)24-11-3-10-22-24/h3-11,14H,2,12-13,15H2,1H3. The highest BCUT2D eigenvalue weighted by molar-refractivity contribution is 5.94. The second-order valence-electron chi connectivity index (χ2n) is 6.29. The summed E-state index contributed by atoms with van der Waals surface area (Å²) in [5.74, 6) is 1.50. The monoisotopic (exact) mass is 363 g/mol. The normalized spacial score (nSPS) is 12.6. The Morgan fingerprint density at radius 2 is 1.89 bits per heavy atom. The van der Waals surface area contributed by atoms with Crippen molar-refractivity contribution in [3.63, 3.8) is 0 Å². The van der Waals surface area contributed by atoms with Gasteiger partial charge in [-0.2, -0.15) is 5.10 Å². The van der Waals surface area contributed by atoms with Gasteiger partial charge in [0.2, 0.25) is 0 Å². The van der Waals surface area contributed by atoms with Crippen molar-refractivity contribution in [1.82, 2.24) is 14.7 Å². The predicted molar refractivity (Wildman–Crippen MR) is 101 cm³/mol. The first-order chi connectivity index (χ1) is 13.2. The van der Waals surface area contributed by atoms with Crippen molar-refractivity contribution in [3.8, 4) is 17.2 Å². The molecule has 138 valence electrons. The Labute approximate surface area is 157 Å². The summed E-state index contributed by atoms with van der Waals surface area (Å²) in [5, 5.41) is 4.20. The molecular formula is C21H21N3O3. The lowest BCUT2D eigenvalue weighted by molar-refractivity contribution is 0.0752. The van der Waals surface area contributed by atoms with Crippen LogP contribution >= 0.6 is 0 Å². The molecule has 0 unspecified atom stereocenters. The third-order valence-electron chi connectivity index (χ3n) is 4.53. The largest absolute Gasteiger partial charge is 0.486 e. The van der Waals surface area contributed by atoms with Crippen molar-refractivity contribution in [3.05, 3.63) is 72.1 Å². The van der Waals surface area contributed by atoms with Crippen LogP contribution in [0.4, 0.5) is 0 Å². The van der Waals surface area contributed by atoms with Crippen molar-refractivity contribution >= 4 is 5.91 Å². The van der Waals surface area contributed by atoms with Crippen LogP contribution in [-0.4, -0.2) is 40.3 Å². The Bertz CT molecular complexity index is 920. The van der Waals surface area contributed by atoms with Gasteiger partial charge in [0.25, 0.3) is 5.91 Å². The number of carbonyl (C=O) groups is 1. The summed E-state index contributed by atoms with van der Waals surface area (Å²) >= 11 is 0. The fourth-order valence-electron chi connectivity index (χ4n) is 3.09. The number of benzene rings is 2. The lowest BCUT2D eigenvalue weighted by atomic mass is 10.1. The molecular weight excluding hydrogens is 342 g/mol. The summed E-state index contributed by atoms with van der Waals surface area (Å²) in [6.07, 6.45) is 3.60. The summed E-state index contributed by atoms with van der Waals surface area (Å²) in [6.45, 7) is 4.24. The first-order valence-electron chi connectivity index (χ1n) is 9.02. The molecule has 0 radical (unpaired) electrons. The molecule has 0 saturated heterocycles. The zero-order chi connectivity index (χ0) is 18.6. The molecule has 0 fully saturated rings. The van der Waals surface area contributed by atoms with E-state index in [1.165, 1.54) is 0 Å². The van der Waals surface area contributed by atoms with E-state index in [2.05, 4.69) is 5.10 Å². The molecule has 0 spiro atoms. The minimum absolute atomic E-state index is 0.000552. The molecule has 4 rings (SSSR count). The Hall–Kier alpha value is -3.28. The van der Waals surface area contributed by atoms with Gasteiger partial charge in [-0.15, -0.1) is 0 Å². The molecule has 1 aliphatic heterocycles. The van der Waals surface area contributed by atoms with Gasteiger partial charge in [0.15, 0.2) is 11.5 Å². The minimum atomic E-state index is -0.000552. The van der Waals surface area contributed by atoms with Crippen LogP contribution in [-0.2, 0) is 6.54 Å². The van der Waals surface area contributed by atoms with E-state index in [-0.39, 0.29) is 5.91 Å². The quantitative estimate of drug-likeness (QED) is 0.698. The maximum Gasteiger partial charge on any atom is 0.254 e. The number of hydrogen-bond acceptors (Lipinski definition) is 4. The van der Waals surface area contributed by atoms with E-state index in [9.17, 15) is 4.79 Å². The number of nitrogens with zero attached hydrogens (tertiary/aromatic N) is 3.